The van der Waals surface area contributed by atoms with E-state index in [1.807, 2.05) is 4.31 Å². The van der Waals surface area contributed by atoms with Gasteiger partial charge in [-0.1, -0.05) is 12.8 Å². The van der Waals surface area contributed by atoms with E-state index >= 15 is 0 Å². The predicted octanol–water partition coefficient (Wildman–Crippen LogP) is 0.552. The van der Waals surface area contributed by atoms with Gasteiger partial charge in [-0.3, -0.25) is 0 Å². The monoisotopic (exact) mass is 133 g/mol. The first-order valence-corrected chi connectivity index (χ1v) is 3.24. The van der Waals surface area contributed by atoms with Crippen molar-refractivity contribution in [2.75, 3.05) is 19.8 Å². The molecule has 3 heteroatoms. The summed E-state index contributed by atoms with van der Waals surface area (Å²) in [6.07, 6.45) is 0. The lowest BCUT2D eigenvalue weighted by Crippen LogP contribution is -2.37. The molecule has 1 heterocycles. The Labute approximate surface area is 55.4 Å². The molecule has 1 saturated heterocycles. The maximum absolute atomic E-state index is 5.16. The van der Waals surface area contributed by atoms with Crippen molar-refractivity contribution in [1.82, 2.24) is 4.31 Å². The van der Waals surface area contributed by atoms with Gasteiger partial charge in [-0.15, -0.1) is 0 Å². The highest BCUT2D eigenvalue weighted by molar-refractivity contribution is 7.77. The molecule has 2 nitrogen and oxygen atoms in total. The van der Waals surface area contributed by atoms with Gasteiger partial charge in [0.05, 0.1) is 13.2 Å². The van der Waals surface area contributed by atoms with Gasteiger partial charge in [0.1, 0.15) is 0 Å². The summed E-state index contributed by atoms with van der Waals surface area (Å²) in [4.78, 5) is 0. The molecule has 0 N–H and O–H groups in total. The zero-order chi connectivity index (χ0) is 5.98. The van der Waals surface area contributed by atoms with Crippen LogP contribution in [0.1, 0.15) is 6.92 Å². The maximum atomic E-state index is 5.16. The fourth-order valence-corrected chi connectivity index (χ4v) is 0.867. The van der Waals surface area contributed by atoms with Gasteiger partial charge >= 0.3 is 0 Å². The molecular weight excluding hydrogens is 122 g/mol. The molecule has 0 amide bonds. The van der Waals surface area contributed by atoms with Crippen LogP contribution in [0.3, 0.4) is 0 Å². The van der Waals surface area contributed by atoms with E-state index in [-0.39, 0.29) is 0 Å². The second-order valence-corrected chi connectivity index (χ2v) is 2.60. The van der Waals surface area contributed by atoms with E-state index in [4.69, 9.17) is 4.74 Å². The van der Waals surface area contributed by atoms with Gasteiger partial charge in [0.25, 0.3) is 0 Å². The Bertz CT molecular complexity index is 68.8. The third-order valence-corrected chi connectivity index (χ3v) is 1.93. The molecule has 1 rings (SSSR count). The summed E-state index contributed by atoms with van der Waals surface area (Å²) in [6, 6.07) is 0.479. The summed E-state index contributed by atoms with van der Waals surface area (Å²) >= 11 is 4.21. The van der Waals surface area contributed by atoms with E-state index in [2.05, 4.69) is 19.7 Å². The largest absolute Gasteiger partial charge is 0.378 e. The van der Waals surface area contributed by atoms with E-state index in [1.165, 1.54) is 0 Å². The van der Waals surface area contributed by atoms with E-state index in [1.54, 1.807) is 0 Å². The molecule has 0 radical (unpaired) electrons. The summed E-state index contributed by atoms with van der Waals surface area (Å²) in [6.45, 7) is 4.70. The van der Waals surface area contributed by atoms with Crippen molar-refractivity contribution in [2.24, 2.45) is 0 Å². The maximum Gasteiger partial charge on any atom is 0.0629 e. The van der Waals surface area contributed by atoms with Crippen molar-refractivity contribution in [3.63, 3.8) is 0 Å². The number of thiol groups is 1. The second kappa shape index (κ2) is 2.71. The Morgan fingerprint density at radius 2 is 2.50 bits per heavy atom. The smallest absolute Gasteiger partial charge is 0.0629 e. The first-order chi connectivity index (χ1) is 3.80. The summed E-state index contributed by atoms with van der Waals surface area (Å²) in [5.74, 6) is 0. The minimum absolute atomic E-state index is 0.479. The highest BCUT2D eigenvalue weighted by Crippen LogP contribution is 2.06. The average molecular weight is 133 g/mol. The molecule has 0 spiro atoms. The van der Waals surface area contributed by atoms with Crippen LogP contribution in [0.4, 0.5) is 0 Å². The Kier molecular flexibility index (Phi) is 2.16. The standard InChI is InChI=1S/C5H11NOS/c1-5-4-7-3-2-6(5)8/h5,8H,2-4H2,1H3. The third kappa shape index (κ3) is 1.37. The zero-order valence-corrected chi connectivity index (χ0v) is 5.90. The molecule has 48 valence electrons. The highest BCUT2D eigenvalue weighted by atomic mass is 32.1. The molecule has 1 fully saturated rings. The van der Waals surface area contributed by atoms with Crippen molar-refractivity contribution < 1.29 is 4.74 Å². The quantitative estimate of drug-likeness (QED) is 0.484. The van der Waals surface area contributed by atoms with Gasteiger partial charge in [-0.2, -0.15) is 0 Å². The van der Waals surface area contributed by atoms with Crippen LogP contribution in [0.5, 0.6) is 0 Å². The van der Waals surface area contributed by atoms with E-state index < -0.39 is 0 Å². The molecule has 1 aliphatic rings. The van der Waals surface area contributed by atoms with Crippen LogP contribution < -0.4 is 0 Å². The lowest BCUT2D eigenvalue weighted by molar-refractivity contribution is 0.0450. The number of hydrogen-bond donors (Lipinski definition) is 1. The van der Waals surface area contributed by atoms with Gasteiger partial charge < -0.3 is 4.74 Å². The minimum Gasteiger partial charge on any atom is -0.378 e. The summed E-state index contributed by atoms with van der Waals surface area (Å²) < 4.78 is 7.17. The number of morpholine rings is 1. The van der Waals surface area contributed by atoms with Crippen LogP contribution in [0.15, 0.2) is 0 Å². The number of rotatable bonds is 0. The molecule has 0 aromatic carbocycles. The van der Waals surface area contributed by atoms with Gasteiger partial charge in [0.2, 0.25) is 0 Å². The van der Waals surface area contributed by atoms with Crippen molar-refractivity contribution in [1.29, 1.82) is 0 Å². The molecule has 0 aromatic rings. The van der Waals surface area contributed by atoms with Crippen LogP contribution in [0, 0.1) is 0 Å². The van der Waals surface area contributed by atoms with Crippen LogP contribution in [-0.2, 0) is 4.74 Å². The van der Waals surface area contributed by atoms with Crippen LogP contribution in [-0.4, -0.2) is 30.1 Å². The normalized spacial score (nSPS) is 33.0. The van der Waals surface area contributed by atoms with Crippen LogP contribution in [0.2, 0.25) is 0 Å². The first-order valence-electron chi connectivity index (χ1n) is 2.84. The van der Waals surface area contributed by atoms with Crippen molar-refractivity contribution in [3.05, 3.63) is 0 Å². The Balaban J connectivity index is 2.28. The molecule has 8 heavy (non-hydrogen) atoms. The fourth-order valence-electron chi connectivity index (χ4n) is 0.718. The lowest BCUT2D eigenvalue weighted by Gasteiger charge is -2.27. The van der Waals surface area contributed by atoms with E-state index in [0.717, 1.165) is 19.8 Å². The van der Waals surface area contributed by atoms with Crippen molar-refractivity contribution in [3.8, 4) is 0 Å². The lowest BCUT2D eigenvalue weighted by atomic mass is 10.3. The molecule has 0 saturated carbocycles. The Morgan fingerprint density at radius 1 is 1.75 bits per heavy atom. The predicted molar refractivity (Wildman–Crippen MR) is 36.0 cm³/mol. The van der Waals surface area contributed by atoms with Crippen LogP contribution in [0.25, 0.3) is 0 Å². The van der Waals surface area contributed by atoms with Gasteiger partial charge in [0.15, 0.2) is 0 Å². The molecular formula is C5H11NOS. The summed E-state index contributed by atoms with van der Waals surface area (Å²) in [5.41, 5.74) is 0. The molecule has 0 aromatic heterocycles. The van der Waals surface area contributed by atoms with E-state index in [9.17, 15) is 0 Å². The Hall–Kier alpha value is 0.270. The molecule has 1 atom stereocenters. The minimum atomic E-state index is 0.479. The van der Waals surface area contributed by atoms with Crippen LogP contribution >= 0.6 is 12.8 Å². The number of ether oxygens (including phenoxy) is 1. The van der Waals surface area contributed by atoms with Crippen molar-refractivity contribution >= 4 is 12.8 Å². The van der Waals surface area contributed by atoms with Gasteiger partial charge in [0, 0.05) is 12.6 Å². The number of hydrogen-bond acceptors (Lipinski definition) is 3. The molecule has 0 aliphatic carbocycles. The first kappa shape index (κ1) is 6.39. The highest BCUT2D eigenvalue weighted by Gasteiger charge is 2.13. The fraction of sp³-hybridized carbons (Fsp3) is 1.00. The van der Waals surface area contributed by atoms with E-state index in [0.29, 0.717) is 6.04 Å². The zero-order valence-electron chi connectivity index (χ0n) is 5.00. The molecule has 0 bridgehead atoms. The van der Waals surface area contributed by atoms with Gasteiger partial charge in [-0.25, -0.2) is 4.31 Å². The number of nitrogens with zero attached hydrogens (tertiary/aromatic N) is 1. The third-order valence-electron chi connectivity index (χ3n) is 1.33. The second-order valence-electron chi connectivity index (χ2n) is 2.09. The molecule has 1 aliphatic heterocycles. The van der Waals surface area contributed by atoms with Gasteiger partial charge in [-0.05, 0) is 6.92 Å². The average Bonchev–Trinajstić information content (AvgIpc) is 1.77. The Morgan fingerprint density at radius 3 is 2.88 bits per heavy atom. The molecule has 1 unspecified atom stereocenters. The summed E-state index contributed by atoms with van der Waals surface area (Å²) in [5, 5.41) is 0. The van der Waals surface area contributed by atoms with Crippen molar-refractivity contribution in [2.45, 2.75) is 13.0 Å². The topological polar surface area (TPSA) is 12.5 Å². The SMILES string of the molecule is CC1COCCN1S. The summed E-state index contributed by atoms with van der Waals surface area (Å²) in [7, 11) is 0.